The van der Waals surface area contributed by atoms with Crippen molar-refractivity contribution >= 4 is 5.97 Å². The minimum atomic E-state index is -0.717. The van der Waals surface area contributed by atoms with Gasteiger partial charge in [0.2, 0.25) is 5.89 Å². The standard InChI is InChI=1S/C15H26N4O3/c1-15(2,3)14-16-12(17-22-14)11-19-9-7-18(8-10-19)6-4-5-13(20)21/h4-11H2,1-3H3,(H,20,21). The van der Waals surface area contributed by atoms with Crippen molar-refractivity contribution in [3.05, 3.63) is 11.7 Å². The predicted molar refractivity (Wildman–Crippen MR) is 81.6 cm³/mol. The molecule has 0 bridgehead atoms. The summed E-state index contributed by atoms with van der Waals surface area (Å²) < 4.78 is 5.31. The average molecular weight is 310 g/mol. The van der Waals surface area contributed by atoms with Crippen LogP contribution in [0, 0.1) is 0 Å². The quantitative estimate of drug-likeness (QED) is 0.849. The van der Waals surface area contributed by atoms with E-state index in [4.69, 9.17) is 9.63 Å². The van der Waals surface area contributed by atoms with Crippen molar-refractivity contribution in [1.82, 2.24) is 19.9 Å². The van der Waals surface area contributed by atoms with Crippen molar-refractivity contribution in [2.24, 2.45) is 0 Å². The molecule has 0 amide bonds. The molecule has 0 radical (unpaired) electrons. The molecule has 0 aliphatic carbocycles. The van der Waals surface area contributed by atoms with E-state index in [1.165, 1.54) is 0 Å². The van der Waals surface area contributed by atoms with E-state index >= 15 is 0 Å². The smallest absolute Gasteiger partial charge is 0.303 e. The van der Waals surface area contributed by atoms with E-state index in [0.29, 0.717) is 12.4 Å². The van der Waals surface area contributed by atoms with Crippen LogP contribution in [0.25, 0.3) is 0 Å². The van der Waals surface area contributed by atoms with Gasteiger partial charge in [-0.2, -0.15) is 4.98 Å². The summed E-state index contributed by atoms with van der Waals surface area (Å²) in [5.74, 6) is 0.699. The molecule has 7 heteroatoms. The normalized spacial score (nSPS) is 17.8. The van der Waals surface area contributed by atoms with Gasteiger partial charge in [-0.05, 0) is 13.0 Å². The zero-order chi connectivity index (χ0) is 16.2. The van der Waals surface area contributed by atoms with Crippen molar-refractivity contribution in [3.8, 4) is 0 Å². The molecular formula is C15H26N4O3. The van der Waals surface area contributed by atoms with E-state index in [0.717, 1.165) is 45.0 Å². The minimum absolute atomic E-state index is 0.117. The summed E-state index contributed by atoms with van der Waals surface area (Å²) in [7, 11) is 0. The van der Waals surface area contributed by atoms with Crippen molar-refractivity contribution in [3.63, 3.8) is 0 Å². The zero-order valence-electron chi connectivity index (χ0n) is 13.7. The maximum Gasteiger partial charge on any atom is 0.303 e. The lowest BCUT2D eigenvalue weighted by atomic mass is 9.97. The fraction of sp³-hybridized carbons (Fsp3) is 0.800. The van der Waals surface area contributed by atoms with Gasteiger partial charge in [0, 0.05) is 38.0 Å². The second-order valence-corrected chi connectivity index (χ2v) is 6.88. The molecule has 7 nitrogen and oxygen atoms in total. The van der Waals surface area contributed by atoms with Crippen LogP contribution in [0.5, 0.6) is 0 Å². The molecule has 0 spiro atoms. The highest BCUT2D eigenvalue weighted by molar-refractivity contribution is 5.66. The van der Waals surface area contributed by atoms with Crippen LogP contribution in [0.1, 0.15) is 45.3 Å². The van der Waals surface area contributed by atoms with E-state index < -0.39 is 5.97 Å². The van der Waals surface area contributed by atoms with Crippen LogP contribution in [-0.2, 0) is 16.8 Å². The summed E-state index contributed by atoms with van der Waals surface area (Å²) in [6, 6.07) is 0. The molecule has 0 unspecified atom stereocenters. The molecule has 1 N–H and O–H groups in total. The van der Waals surface area contributed by atoms with Crippen LogP contribution in [0.2, 0.25) is 0 Å². The molecule has 1 aliphatic rings. The number of carboxylic acid groups (broad SMARTS) is 1. The molecule has 1 aromatic rings. The Morgan fingerprint density at radius 3 is 2.41 bits per heavy atom. The van der Waals surface area contributed by atoms with E-state index in [-0.39, 0.29) is 11.8 Å². The number of piperazine rings is 1. The minimum Gasteiger partial charge on any atom is -0.481 e. The van der Waals surface area contributed by atoms with Crippen molar-refractivity contribution in [2.45, 2.75) is 45.6 Å². The van der Waals surface area contributed by atoms with Gasteiger partial charge in [0.05, 0.1) is 6.54 Å². The molecule has 2 rings (SSSR count). The first-order chi connectivity index (χ1) is 10.3. The van der Waals surface area contributed by atoms with Gasteiger partial charge in [-0.3, -0.25) is 9.69 Å². The monoisotopic (exact) mass is 310 g/mol. The Morgan fingerprint density at radius 1 is 1.23 bits per heavy atom. The lowest BCUT2D eigenvalue weighted by Gasteiger charge is -2.33. The highest BCUT2D eigenvalue weighted by Gasteiger charge is 2.23. The summed E-state index contributed by atoms with van der Waals surface area (Å²) in [6.07, 6.45) is 0.966. The van der Waals surface area contributed by atoms with Gasteiger partial charge in [0.25, 0.3) is 0 Å². The number of nitrogens with zero attached hydrogens (tertiary/aromatic N) is 4. The van der Waals surface area contributed by atoms with Gasteiger partial charge < -0.3 is 14.5 Å². The molecule has 0 atom stereocenters. The third-order valence-corrected chi connectivity index (χ3v) is 3.80. The van der Waals surface area contributed by atoms with E-state index in [1.807, 2.05) is 0 Å². The van der Waals surface area contributed by atoms with E-state index in [2.05, 4.69) is 40.7 Å². The largest absolute Gasteiger partial charge is 0.481 e. The molecule has 1 aromatic heterocycles. The van der Waals surface area contributed by atoms with Crippen LogP contribution in [-0.4, -0.2) is 63.7 Å². The highest BCUT2D eigenvalue weighted by atomic mass is 16.5. The van der Waals surface area contributed by atoms with Gasteiger partial charge in [0.15, 0.2) is 5.82 Å². The van der Waals surface area contributed by atoms with E-state index in [9.17, 15) is 4.79 Å². The first kappa shape index (κ1) is 16.9. The number of aliphatic carboxylic acids is 1. The Balaban J connectivity index is 1.73. The number of carboxylic acids is 1. The molecule has 1 fully saturated rings. The maximum absolute atomic E-state index is 10.5. The summed E-state index contributed by atoms with van der Waals surface area (Å²) in [6.45, 7) is 11.6. The van der Waals surface area contributed by atoms with Crippen molar-refractivity contribution in [2.75, 3.05) is 32.7 Å². The Hall–Kier alpha value is -1.47. The highest BCUT2D eigenvalue weighted by Crippen LogP contribution is 2.20. The molecule has 22 heavy (non-hydrogen) atoms. The van der Waals surface area contributed by atoms with Gasteiger partial charge in [-0.25, -0.2) is 0 Å². The third kappa shape index (κ3) is 5.06. The van der Waals surface area contributed by atoms with Crippen LogP contribution in [0.15, 0.2) is 4.52 Å². The second kappa shape index (κ2) is 7.19. The summed E-state index contributed by atoms with van der Waals surface area (Å²) in [5.41, 5.74) is -0.117. The maximum atomic E-state index is 10.5. The van der Waals surface area contributed by atoms with Crippen molar-refractivity contribution < 1.29 is 14.4 Å². The Kier molecular flexibility index (Phi) is 5.52. The SMILES string of the molecule is CC(C)(C)c1nc(CN2CCN(CCCC(=O)O)CC2)no1. The summed E-state index contributed by atoms with van der Waals surface area (Å²) in [5, 5.41) is 12.7. The second-order valence-electron chi connectivity index (χ2n) is 6.88. The fourth-order valence-corrected chi connectivity index (χ4v) is 2.45. The lowest BCUT2D eigenvalue weighted by Crippen LogP contribution is -2.46. The van der Waals surface area contributed by atoms with Gasteiger partial charge in [0.1, 0.15) is 0 Å². The number of hydrogen-bond donors (Lipinski definition) is 1. The summed E-state index contributed by atoms with van der Waals surface area (Å²) in [4.78, 5) is 19.6. The van der Waals surface area contributed by atoms with Crippen LogP contribution in [0.3, 0.4) is 0 Å². The molecule has 0 aromatic carbocycles. The van der Waals surface area contributed by atoms with Crippen LogP contribution in [0.4, 0.5) is 0 Å². The van der Waals surface area contributed by atoms with Gasteiger partial charge in [-0.1, -0.05) is 25.9 Å². The number of hydrogen-bond acceptors (Lipinski definition) is 6. The Morgan fingerprint density at radius 2 is 1.86 bits per heavy atom. The topological polar surface area (TPSA) is 82.7 Å². The van der Waals surface area contributed by atoms with Crippen LogP contribution >= 0.6 is 0 Å². The Labute approximate surface area is 131 Å². The third-order valence-electron chi connectivity index (χ3n) is 3.80. The molecule has 124 valence electrons. The molecule has 1 saturated heterocycles. The van der Waals surface area contributed by atoms with Gasteiger partial charge >= 0.3 is 5.97 Å². The Bertz CT molecular complexity index is 487. The summed E-state index contributed by atoms with van der Waals surface area (Å²) >= 11 is 0. The predicted octanol–water partition coefficient (Wildman–Crippen LogP) is 1.35. The zero-order valence-corrected chi connectivity index (χ0v) is 13.7. The number of aromatic nitrogens is 2. The van der Waals surface area contributed by atoms with Crippen molar-refractivity contribution in [1.29, 1.82) is 0 Å². The number of carbonyl (C=O) groups is 1. The molecule has 1 aliphatic heterocycles. The molecule has 2 heterocycles. The number of rotatable bonds is 6. The first-order valence-electron chi connectivity index (χ1n) is 7.84. The molecule has 0 saturated carbocycles. The molecular weight excluding hydrogens is 284 g/mol. The fourth-order valence-electron chi connectivity index (χ4n) is 2.45. The van der Waals surface area contributed by atoms with Gasteiger partial charge in [-0.15, -0.1) is 0 Å². The van der Waals surface area contributed by atoms with E-state index in [1.54, 1.807) is 0 Å². The lowest BCUT2D eigenvalue weighted by molar-refractivity contribution is -0.137. The van der Waals surface area contributed by atoms with Crippen LogP contribution < -0.4 is 0 Å². The first-order valence-corrected chi connectivity index (χ1v) is 7.84. The average Bonchev–Trinajstić information content (AvgIpc) is 2.89.